The van der Waals surface area contributed by atoms with E-state index in [0.29, 0.717) is 6.42 Å². The summed E-state index contributed by atoms with van der Waals surface area (Å²) in [4.78, 5) is 14.7. The van der Waals surface area contributed by atoms with Crippen LogP contribution in [-0.2, 0) is 4.74 Å². The molecule has 1 fully saturated rings. The Kier molecular flexibility index (Phi) is 4.24. The minimum absolute atomic E-state index is 0.355. The van der Waals surface area contributed by atoms with Crippen molar-refractivity contribution in [1.29, 1.82) is 0 Å². The first kappa shape index (κ1) is 15.1. The van der Waals surface area contributed by atoms with Gasteiger partial charge in [0.1, 0.15) is 18.0 Å². The van der Waals surface area contributed by atoms with Gasteiger partial charge in [-0.05, 0) is 6.42 Å². The second-order valence-corrected chi connectivity index (χ2v) is 5.23. The molecule has 7 heteroatoms. The lowest BCUT2D eigenvalue weighted by molar-refractivity contribution is -0.283. The van der Waals surface area contributed by atoms with Crippen molar-refractivity contribution in [3.8, 4) is 0 Å². The van der Waals surface area contributed by atoms with Crippen LogP contribution in [0.2, 0.25) is 0 Å². The summed E-state index contributed by atoms with van der Waals surface area (Å²) in [5.74, 6) is -0.486. The highest BCUT2D eigenvalue weighted by atomic mass is 16.6. The van der Waals surface area contributed by atoms with Crippen LogP contribution in [0.3, 0.4) is 0 Å². The average Bonchev–Trinajstić information content (AvgIpc) is 2.47. The van der Waals surface area contributed by atoms with Crippen molar-refractivity contribution < 1.29 is 20.1 Å². The Balaban J connectivity index is 2.37. The van der Waals surface area contributed by atoms with E-state index in [9.17, 15) is 20.1 Å². The van der Waals surface area contributed by atoms with E-state index >= 15 is 0 Å². The Labute approximate surface area is 116 Å². The predicted octanol–water partition coefficient (Wildman–Crippen LogP) is -0.729. The largest absolute Gasteiger partial charge is 0.393 e. The lowest BCUT2D eigenvalue weighted by Crippen LogP contribution is -2.60. The van der Waals surface area contributed by atoms with Crippen LogP contribution in [0.5, 0.6) is 0 Å². The molecule has 1 saturated heterocycles. The van der Waals surface area contributed by atoms with Gasteiger partial charge < -0.3 is 24.6 Å². The van der Waals surface area contributed by atoms with E-state index < -0.39 is 30.0 Å². The van der Waals surface area contributed by atoms with Crippen molar-refractivity contribution in [1.82, 2.24) is 9.55 Å². The first-order chi connectivity index (χ1) is 9.45. The minimum Gasteiger partial charge on any atom is -0.393 e. The van der Waals surface area contributed by atoms with Crippen LogP contribution >= 0.6 is 0 Å². The van der Waals surface area contributed by atoms with Crippen molar-refractivity contribution in [2.75, 3.05) is 6.61 Å². The third kappa shape index (κ3) is 2.37. The van der Waals surface area contributed by atoms with Gasteiger partial charge in [0.2, 0.25) is 0 Å². The fourth-order valence-corrected chi connectivity index (χ4v) is 2.58. The van der Waals surface area contributed by atoms with Crippen LogP contribution in [0.15, 0.2) is 23.4 Å². The molecule has 0 radical (unpaired) electrons. The Hall–Kier alpha value is -1.28. The maximum absolute atomic E-state index is 11.0. The molecule has 1 aliphatic heterocycles. The van der Waals surface area contributed by atoms with Gasteiger partial charge in [-0.25, -0.2) is 0 Å². The first-order valence-corrected chi connectivity index (χ1v) is 6.64. The third-order valence-electron chi connectivity index (χ3n) is 4.09. The summed E-state index contributed by atoms with van der Waals surface area (Å²) >= 11 is 0. The fraction of sp³-hybridized carbons (Fsp3) is 0.692. The molecule has 1 aliphatic rings. The molecule has 112 valence electrons. The minimum atomic E-state index is -1.13. The van der Waals surface area contributed by atoms with Gasteiger partial charge >= 0.3 is 0 Å². The first-order valence-electron chi connectivity index (χ1n) is 6.64. The standard InChI is InChI=1S/C13H20N2O5/c1-3-13(6-16)11(19)8(2)10(18)12(20-13)15-5-4-9(17)14-7-15/h4-5,7-8,10-12,16,18-19H,3,6H2,1-2H3/t8-,10+,11+,12-,13-/m1/s1. The number of rotatable bonds is 3. The lowest BCUT2D eigenvalue weighted by Gasteiger charge is -2.49. The highest BCUT2D eigenvalue weighted by Gasteiger charge is 2.51. The molecule has 1 aromatic rings. The fourth-order valence-electron chi connectivity index (χ4n) is 2.58. The normalized spacial score (nSPS) is 37.9. The second-order valence-electron chi connectivity index (χ2n) is 5.23. The molecule has 0 spiro atoms. The molecule has 5 atom stereocenters. The smallest absolute Gasteiger partial charge is 0.272 e. The Morgan fingerprint density at radius 2 is 2.20 bits per heavy atom. The van der Waals surface area contributed by atoms with Crippen molar-refractivity contribution in [3.05, 3.63) is 28.9 Å². The van der Waals surface area contributed by atoms with Gasteiger partial charge in [-0.15, -0.1) is 0 Å². The van der Waals surface area contributed by atoms with E-state index in [1.807, 2.05) is 0 Å². The Morgan fingerprint density at radius 1 is 1.50 bits per heavy atom. The second kappa shape index (κ2) is 5.61. The van der Waals surface area contributed by atoms with Gasteiger partial charge in [0, 0.05) is 18.2 Å². The summed E-state index contributed by atoms with van der Waals surface area (Å²) in [6.45, 7) is 3.14. The number of aliphatic hydroxyl groups is 3. The van der Waals surface area contributed by atoms with E-state index in [0.717, 1.165) is 0 Å². The van der Waals surface area contributed by atoms with Crippen LogP contribution in [0.25, 0.3) is 0 Å². The number of hydrogen-bond donors (Lipinski definition) is 3. The summed E-state index contributed by atoms with van der Waals surface area (Å²) in [6.07, 6.45) is 0.376. The van der Waals surface area contributed by atoms with Crippen LogP contribution in [0.1, 0.15) is 26.5 Å². The maximum Gasteiger partial charge on any atom is 0.272 e. The summed E-state index contributed by atoms with van der Waals surface area (Å²) in [6, 6.07) is 1.26. The third-order valence-corrected chi connectivity index (χ3v) is 4.09. The van der Waals surface area contributed by atoms with Crippen LogP contribution < -0.4 is 5.56 Å². The number of ether oxygens (including phenoxy) is 1. The number of hydrogen-bond acceptors (Lipinski definition) is 6. The summed E-state index contributed by atoms with van der Waals surface area (Å²) in [5, 5.41) is 30.1. The molecule has 0 bridgehead atoms. The lowest BCUT2D eigenvalue weighted by atomic mass is 9.80. The molecule has 0 aliphatic carbocycles. The zero-order valence-corrected chi connectivity index (χ0v) is 11.5. The molecule has 1 aromatic heterocycles. The van der Waals surface area contributed by atoms with Gasteiger partial charge in [-0.3, -0.25) is 4.79 Å². The van der Waals surface area contributed by atoms with E-state index in [2.05, 4.69) is 4.98 Å². The zero-order chi connectivity index (χ0) is 14.9. The summed E-state index contributed by atoms with van der Waals surface area (Å²) in [7, 11) is 0. The quantitative estimate of drug-likeness (QED) is 0.676. The molecule has 7 nitrogen and oxygen atoms in total. The number of aliphatic hydroxyl groups excluding tert-OH is 3. The topological polar surface area (TPSA) is 105 Å². The molecular weight excluding hydrogens is 264 g/mol. The molecule has 20 heavy (non-hydrogen) atoms. The Bertz CT molecular complexity index is 493. The number of nitrogens with zero attached hydrogens (tertiary/aromatic N) is 2. The number of aromatic nitrogens is 2. The Morgan fingerprint density at radius 3 is 2.70 bits per heavy atom. The average molecular weight is 284 g/mol. The van der Waals surface area contributed by atoms with Gasteiger partial charge in [-0.2, -0.15) is 4.98 Å². The van der Waals surface area contributed by atoms with Crippen LogP contribution in [0.4, 0.5) is 0 Å². The molecule has 0 saturated carbocycles. The highest BCUT2D eigenvalue weighted by molar-refractivity contribution is 4.99. The van der Waals surface area contributed by atoms with Gasteiger partial charge in [0.15, 0.2) is 6.23 Å². The van der Waals surface area contributed by atoms with Gasteiger partial charge in [0.25, 0.3) is 5.56 Å². The van der Waals surface area contributed by atoms with Crippen molar-refractivity contribution >= 4 is 0 Å². The highest BCUT2D eigenvalue weighted by Crippen LogP contribution is 2.39. The van der Waals surface area contributed by atoms with E-state index in [1.54, 1.807) is 13.8 Å². The monoisotopic (exact) mass is 284 g/mol. The van der Waals surface area contributed by atoms with Crippen molar-refractivity contribution in [2.45, 2.75) is 44.3 Å². The van der Waals surface area contributed by atoms with Gasteiger partial charge in [-0.1, -0.05) is 13.8 Å². The van der Waals surface area contributed by atoms with Crippen LogP contribution in [0, 0.1) is 5.92 Å². The zero-order valence-electron chi connectivity index (χ0n) is 11.5. The molecule has 0 aromatic carbocycles. The molecular formula is C13H20N2O5. The van der Waals surface area contributed by atoms with E-state index in [1.165, 1.54) is 23.2 Å². The molecule has 2 rings (SSSR count). The van der Waals surface area contributed by atoms with E-state index in [-0.39, 0.29) is 12.2 Å². The van der Waals surface area contributed by atoms with Crippen LogP contribution in [-0.4, -0.2) is 49.3 Å². The summed E-state index contributed by atoms with van der Waals surface area (Å²) in [5.41, 5.74) is -1.52. The van der Waals surface area contributed by atoms with Gasteiger partial charge in [0.05, 0.1) is 12.7 Å². The SMILES string of the molecule is CC[C@]1(CO)O[C@@H](n2ccc(=O)nc2)[C@@H](O)[C@@H](C)[C@@H]1O. The predicted molar refractivity (Wildman–Crippen MR) is 69.9 cm³/mol. The summed E-state index contributed by atoms with van der Waals surface area (Å²) < 4.78 is 7.23. The molecule has 3 N–H and O–H groups in total. The molecule has 2 heterocycles. The maximum atomic E-state index is 11.0. The van der Waals surface area contributed by atoms with Crippen molar-refractivity contribution in [3.63, 3.8) is 0 Å². The van der Waals surface area contributed by atoms with Crippen molar-refractivity contribution in [2.24, 2.45) is 5.92 Å². The molecule has 0 unspecified atom stereocenters. The van der Waals surface area contributed by atoms with E-state index in [4.69, 9.17) is 4.74 Å². The molecule has 0 amide bonds.